The van der Waals surface area contributed by atoms with Crippen molar-refractivity contribution in [1.82, 2.24) is 25.3 Å². The number of carbonyl (C=O) groups is 1. The first-order valence-electron chi connectivity index (χ1n) is 10.7. The van der Waals surface area contributed by atoms with Crippen LogP contribution in [0.15, 0.2) is 57.7 Å². The number of aromatic nitrogens is 5. The molecule has 1 saturated heterocycles. The molecule has 10 nitrogen and oxygen atoms in total. The largest absolute Gasteiger partial charge is 0.455 e. The van der Waals surface area contributed by atoms with Gasteiger partial charge in [0, 0.05) is 31.0 Å². The van der Waals surface area contributed by atoms with Crippen LogP contribution in [0, 0.1) is 12.8 Å². The Morgan fingerprint density at radius 2 is 1.85 bits per heavy atom. The Labute approximate surface area is 189 Å². The Balaban J connectivity index is 1.20. The predicted molar refractivity (Wildman–Crippen MR) is 117 cm³/mol. The van der Waals surface area contributed by atoms with E-state index in [1.54, 1.807) is 25.4 Å². The molecule has 168 valence electrons. The second-order valence-electron chi connectivity index (χ2n) is 7.75. The highest BCUT2D eigenvalue weighted by Gasteiger charge is 2.28. The molecule has 4 aromatic rings. The van der Waals surface area contributed by atoms with Crippen LogP contribution in [0.1, 0.15) is 24.5 Å². The first-order valence-corrected chi connectivity index (χ1v) is 10.7. The van der Waals surface area contributed by atoms with Gasteiger partial charge >= 0.3 is 5.97 Å². The third-order valence-electron chi connectivity index (χ3n) is 5.59. The zero-order valence-corrected chi connectivity index (χ0v) is 18.0. The SMILES string of the molecule is Cc1onc(-c2ccccc2)c1-c1nnc(COC(=O)C2CCN(c3ncccn3)CC2)o1. The van der Waals surface area contributed by atoms with Gasteiger partial charge in [0.2, 0.25) is 5.95 Å². The van der Waals surface area contributed by atoms with E-state index in [-0.39, 0.29) is 30.3 Å². The summed E-state index contributed by atoms with van der Waals surface area (Å²) in [6, 6.07) is 11.4. The van der Waals surface area contributed by atoms with E-state index >= 15 is 0 Å². The van der Waals surface area contributed by atoms with Crippen molar-refractivity contribution in [1.29, 1.82) is 0 Å². The van der Waals surface area contributed by atoms with Crippen LogP contribution >= 0.6 is 0 Å². The molecular weight excluding hydrogens is 424 g/mol. The molecule has 0 saturated carbocycles. The van der Waals surface area contributed by atoms with Crippen molar-refractivity contribution < 1.29 is 18.5 Å². The summed E-state index contributed by atoms with van der Waals surface area (Å²) < 4.78 is 16.6. The zero-order chi connectivity index (χ0) is 22.6. The molecule has 1 fully saturated rings. The molecule has 3 aromatic heterocycles. The van der Waals surface area contributed by atoms with Gasteiger partial charge in [-0.2, -0.15) is 0 Å². The van der Waals surface area contributed by atoms with E-state index in [4.69, 9.17) is 13.7 Å². The van der Waals surface area contributed by atoms with Crippen LogP contribution in [-0.2, 0) is 16.1 Å². The number of anilines is 1. The second-order valence-corrected chi connectivity index (χ2v) is 7.75. The van der Waals surface area contributed by atoms with Crippen molar-refractivity contribution in [3.05, 3.63) is 60.4 Å². The Morgan fingerprint density at radius 3 is 2.61 bits per heavy atom. The number of esters is 1. The Hall–Kier alpha value is -4.08. The van der Waals surface area contributed by atoms with E-state index in [2.05, 4.69) is 30.2 Å². The monoisotopic (exact) mass is 446 g/mol. The number of carbonyl (C=O) groups excluding carboxylic acids is 1. The highest BCUT2D eigenvalue weighted by Crippen LogP contribution is 2.33. The molecule has 4 heterocycles. The number of nitrogens with zero attached hydrogens (tertiary/aromatic N) is 6. The number of rotatable bonds is 6. The van der Waals surface area contributed by atoms with Crippen LogP contribution < -0.4 is 4.90 Å². The Bertz CT molecular complexity index is 1220. The first-order chi connectivity index (χ1) is 16.2. The van der Waals surface area contributed by atoms with E-state index in [0.29, 0.717) is 48.9 Å². The molecule has 0 amide bonds. The van der Waals surface area contributed by atoms with Crippen LogP contribution in [-0.4, -0.2) is 44.4 Å². The maximum Gasteiger partial charge on any atom is 0.309 e. The van der Waals surface area contributed by atoms with Crippen molar-refractivity contribution in [3.63, 3.8) is 0 Å². The fraction of sp³-hybridized carbons (Fsp3) is 0.304. The summed E-state index contributed by atoms with van der Waals surface area (Å²) in [5.74, 6) is 1.28. The lowest BCUT2D eigenvalue weighted by Gasteiger charge is -2.30. The van der Waals surface area contributed by atoms with E-state index in [0.717, 1.165) is 5.56 Å². The smallest absolute Gasteiger partial charge is 0.309 e. The fourth-order valence-electron chi connectivity index (χ4n) is 3.85. The fourth-order valence-corrected chi connectivity index (χ4v) is 3.85. The Morgan fingerprint density at radius 1 is 1.09 bits per heavy atom. The maximum absolute atomic E-state index is 12.6. The number of piperidine rings is 1. The molecule has 1 aliphatic heterocycles. The van der Waals surface area contributed by atoms with Gasteiger partial charge in [0.1, 0.15) is 17.0 Å². The molecule has 5 rings (SSSR count). The minimum absolute atomic E-state index is 0.0845. The number of ether oxygens (including phenoxy) is 1. The van der Waals surface area contributed by atoms with Gasteiger partial charge in [-0.3, -0.25) is 4.79 Å². The maximum atomic E-state index is 12.6. The van der Waals surface area contributed by atoms with Crippen LogP contribution in [0.2, 0.25) is 0 Å². The number of hydrogen-bond donors (Lipinski definition) is 0. The van der Waals surface area contributed by atoms with Gasteiger partial charge in [0.15, 0.2) is 6.61 Å². The highest BCUT2D eigenvalue weighted by molar-refractivity contribution is 5.77. The van der Waals surface area contributed by atoms with Crippen LogP contribution in [0.4, 0.5) is 5.95 Å². The van der Waals surface area contributed by atoms with Crippen molar-refractivity contribution in [2.75, 3.05) is 18.0 Å². The van der Waals surface area contributed by atoms with Gasteiger partial charge in [0.05, 0.1) is 5.92 Å². The van der Waals surface area contributed by atoms with Crippen LogP contribution in [0.3, 0.4) is 0 Å². The summed E-state index contributed by atoms with van der Waals surface area (Å²) >= 11 is 0. The number of benzene rings is 1. The average Bonchev–Trinajstić information content (AvgIpc) is 3.50. The standard InChI is InChI=1S/C23H22N6O4/c1-15-19(20(28-33-15)16-6-3-2-4-7-16)21-27-26-18(32-21)14-31-22(30)17-8-12-29(13-9-17)23-24-10-5-11-25-23/h2-7,10-11,17H,8-9,12-14H2,1H3. The minimum Gasteiger partial charge on any atom is -0.455 e. The summed E-state index contributed by atoms with van der Waals surface area (Å²) in [5, 5.41) is 12.3. The molecule has 0 unspecified atom stereocenters. The van der Waals surface area contributed by atoms with E-state index in [9.17, 15) is 4.79 Å². The predicted octanol–water partition coefficient (Wildman–Crippen LogP) is 3.45. The normalized spacial score (nSPS) is 14.4. The molecule has 10 heteroatoms. The molecule has 33 heavy (non-hydrogen) atoms. The molecule has 1 aliphatic rings. The number of aryl methyl sites for hydroxylation is 1. The van der Waals surface area contributed by atoms with Crippen molar-refractivity contribution in [3.8, 4) is 22.7 Å². The summed E-state index contributed by atoms with van der Waals surface area (Å²) in [5.41, 5.74) is 2.12. The first kappa shape index (κ1) is 20.8. The molecule has 0 radical (unpaired) electrons. The van der Waals surface area contributed by atoms with Crippen LogP contribution in [0.5, 0.6) is 0 Å². The van der Waals surface area contributed by atoms with Crippen LogP contribution in [0.25, 0.3) is 22.7 Å². The summed E-state index contributed by atoms with van der Waals surface area (Å²) in [6.45, 7) is 3.09. The molecule has 1 aromatic carbocycles. The highest BCUT2D eigenvalue weighted by atomic mass is 16.5. The summed E-state index contributed by atoms with van der Waals surface area (Å²) in [6.07, 6.45) is 4.77. The molecular formula is C23H22N6O4. The zero-order valence-electron chi connectivity index (χ0n) is 18.0. The van der Waals surface area contributed by atoms with Crippen molar-refractivity contribution in [2.45, 2.75) is 26.4 Å². The van der Waals surface area contributed by atoms with Gasteiger partial charge in [0.25, 0.3) is 11.8 Å². The van der Waals surface area contributed by atoms with Gasteiger partial charge in [-0.15, -0.1) is 10.2 Å². The molecule has 0 aliphatic carbocycles. The second kappa shape index (κ2) is 9.19. The van der Waals surface area contributed by atoms with E-state index in [1.807, 2.05) is 30.3 Å². The van der Waals surface area contributed by atoms with E-state index < -0.39 is 0 Å². The average molecular weight is 446 g/mol. The third-order valence-corrected chi connectivity index (χ3v) is 5.59. The third kappa shape index (κ3) is 4.45. The van der Waals surface area contributed by atoms with E-state index in [1.165, 1.54) is 0 Å². The van der Waals surface area contributed by atoms with Crippen molar-refractivity contribution in [2.24, 2.45) is 5.92 Å². The van der Waals surface area contributed by atoms with Gasteiger partial charge < -0.3 is 18.6 Å². The Kier molecular flexibility index (Phi) is 5.79. The van der Waals surface area contributed by atoms with Gasteiger partial charge in [-0.1, -0.05) is 35.5 Å². The number of hydrogen-bond acceptors (Lipinski definition) is 10. The summed E-state index contributed by atoms with van der Waals surface area (Å²) in [4.78, 5) is 23.2. The lowest BCUT2D eigenvalue weighted by atomic mass is 9.97. The molecule has 0 N–H and O–H groups in total. The minimum atomic E-state index is -0.269. The van der Waals surface area contributed by atoms with Gasteiger partial charge in [-0.05, 0) is 25.8 Å². The molecule has 0 spiro atoms. The quantitative estimate of drug-likeness (QED) is 0.407. The molecule has 0 atom stereocenters. The van der Waals surface area contributed by atoms with Crippen molar-refractivity contribution >= 4 is 11.9 Å². The summed E-state index contributed by atoms with van der Waals surface area (Å²) in [7, 11) is 0. The van der Waals surface area contributed by atoms with Gasteiger partial charge in [-0.25, -0.2) is 9.97 Å². The lowest BCUT2D eigenvalue weighted by molar-refractivity contribution is -0.151. The lowest BCUT2D eigenvalue weighted by Crippen LogP contribution is -2.37. The molecule has 0 bridgehead atoms. The topological polar surface area (TPSA) is 120 Å².